The third-order valence-electron chi connectivity index (χ3n) is 5.44. The molecule has 0 fully saturated rings. The number of para-hydroxylation sites is 1. The molecule has 0 aromatic heterocycles. The van der Waals surface area contributed by atoms with E-state index in [1.165, 1.54) is 12.1 Å². The van der Waals surface area contributed by atoms with E-state index in [2.05, 4.69) is 5.10 Å². The van der Waals surface area contributed by atoms with Crippen LogP contribution in [0.5, 0.6) is 0 Å². The molecule has 1 heterocycles. The molecule has 1 unspecified atom stereocenters. The van der Waals surface area contributed by atoms with Crippen molar-refractivity contribution in [2.75, 3.05) is 11.3 Å². The largest absolute Gasteiger partial charge is 0.459 e. The van der Waals surface area contributed by atoms with Crippen molar-refractivity contribution >= 4 is 34.8 Å². The van der Waals surface area contributed by atoms with Crippen LogP contribution in [0.1, 0.15) is 18.0 Å². The Morgan fingerprint density at radius 3 is 2.18 bits per heavy atom. The third-order valence-corrected chi connectivity index (χ3v) is 6.56. The van der Waals surface area contributed by atoms with E-state index >= 15 is 0 Å². The number of hydrogen-bond acceptors (Lipinski definition) is 3. The van der Waals surface area contributed by atoms with Crippen molar-refractivity contribution in [3.63, 3.8) is 0 Å². The maximum absolute atomic E-state index is 14.2. The highest BCUT2D eigenvalue weighted by atomic mass is 35.5. The Morgan fingerprint density at radius 1 is 0.909 bits per heavy atom. The first-order valence-electron chi connectivity index (χ1n) is 9.93. The van der Waals surface area contributed by atoms with Crippen LogP contribution in [0.2, 0.25) is 5.02 Å². The first-order chi connectivity index (χ1) is 15.6. The fraction of sp³-hybridized carbons (Fsp3) is 0.208. The van der Waals surface area contributed by atoms with E-state index in [0.717, 1.165) is 21.0 Å². The molecule has 0 bridgehead atoms. The summed E-state index contributed by atoms with van der Waals surface area (Å²) in [5, 5.41) is 5.07. The molecule has 0 saturated heterocycles. The average molecular weight is 497 g/mol. The Kier molecular flexibility index (Phi) is 6.42. The molecule has 1 atom stereocenters. The number of alkyl halides is 5. The quantitative estimate of drug-likeness (QED) is 0.261. The normalized spacial score (nSPS) is 16.8. The Bertz CT molecular complexity index is 1180. The lowest BCUT2D eigenvalue weighted by molar-refractivity contribution is -0.249. The van der Waals surface area contributed by atoms with E-state index in [1.807, 2.05) is 42.7 Å². The van der Waals surface area contributed by atoms with Gasteiger partial charge in [0.25, 0.3) is 0 Å². The molecule has 0 saturated carbocycles. The number of nitrogens with zero attached hydrogens (tertiary/aromatic N) is 2. The molecule has 0 spiro atoms. The number of benzene rings is 3. The first-order valence-corrected chi connectivity index (χ1v) is 11.5. The smallest absolute Gasteiger partial charge is 0.256 e. The summed E-state index contributed by atoms with van der Waals surface area (Å²) in [6.07, 6.45) is -4.36. The van der Waals surface area contributed by atoms with Gasteiger partial charge < -0.3 is 0 Å². The van der Waals surface area contributed by atoms with Gasteiger partial charge in [-0.15, -0.1) is 11.8 Å². The zero-order valence-corrected chi connectivity index (χ0v) is 18.9. The fourth-order valence-electron chi connectivity index (χ4n) is 3.75. The van der Waals surface area contributed by atoms with E-state index in [9.17, 15) is 22.0 Å². The van der Waals surface area contributed by atoms with Crippen LogP contribution in [0.15, 0.2) is 82.8 Å². The summed E-state index contributed by atoms with van der Waals surface area (Å²) < 4.78 is 67.5. The second-order valence-corrected chi connectivity index (χ2v) is 8.71. The zero-order chi connectivity index (χ0) is 23.8. The first kappa shape index (κ1) is 23.6. The van der Waals surface area contributed by atoms with Gasteiger partial charge in [-0.1, -0.05) is 66.2 Å². The second-order valence-electron chi connectivity index (χ2n) is 7.46. The topological polar surface area (TPSA) is 15.6 Å². The third kappa shape index (κ3) is 4.46. The van der Waals surface area contributed by atoms with Gasteiger partial charge in [0.05, 0.1) is 16.8 Å². The summed E-state index contributed by atoms with van der Waals surface area (Å²) in [4.78, 5) is 1.07. The predicted molar refractivity (Wildman–Crippen MR) is 123 cm³/mol. The Morgan fingerprint density at radius 2 is 1.55 bits per heavy atom. The summed E-state index contributed by atoms with van der Waals surface area (Å²) in [6.45, 7) is 0. The maximum Gasteiger partial charge on any atom is 0.459 e. The van der Waals surface area contributed by atoms with Crippen molar-refractivity contribution in [3.8, 4) is 11.1 Å². The molecule has 1 aliphatic heterocycles. The van der Waals surface area contributed by atoms with E-state index in [0.29, 0.717) is 5.56 Å². The molecule has 0 amide bonds. The van der Waals surface area contributed by atoms with Crippen molar-refractivity contribution in [2.24, 2.45) is 5.10 Å². The second kappa shape index (κ2) is 8.99. The van der Waals surface area contributed by atoms with E-state index < -0.39 is 30.3 Å². The van der Waals surface area contributed by atoms with Crippen LogP contribution in [0.4, 0.5) is 27.6 Å². The van der Waals surface area contributed by atoms with Crippen molar-refractivity contribution in [1.82, 2.24) is 0 Å². The van der Waals surface area contributed by atoms with Gasteiger partial charge in [-0.25, -0.2) is 0 Å². The zero-order valence-electron chi connectivity index (χ0n) is 17.3. The summed E-state index contributed by atoms with van der Waals surface area (Å²) in [5.74, 6) is -5.04. The Labute approximate surface area is 197 Å². The van der Waals surface area contributed by atoms with Gasteiger partial charge in [-0.05, 0) is 41.1 Å². The van der Waals surface area contributed by atoms with Gasteiger partial charge in [0, 0.05) is 11.3 Å². The molecule has 9 heteroatoms. The van der Waals surface area contributed by atoms with Crippen LogP contribution in [0.25, 0.3) is 11.1 Å². The number of rotatable bonds is 5. The van der Waals surface area contributed by atoms with E-state index in [-0.39, 0.29) is 10.7 Å². The molecule has 3 aromatic carbocycles. The lowest BCUT2D eigenvalue weighted by Gasteiger charge is -2.25. The number of thioether (sulfide) groups is 1. The van der Waals surface area contributed by atoms with Crippen LogP contribution in [0, 0.1) is 0 Å². The van der Waals surface area contributed by atoms with Crippen LogP contribution in [-0.2, 0) is 0 Å². The number of hydrogen-bond donors (Lipinski definition) is 0. The minimum atomic E-state index is -5.74. The summed E-state index contributed by atoms with van der Waals surface area (Å²) in [7, 11) is 0. The highest BCUT2D eigenvalue weighted by Gasteiger charge is 2.62. The molecular formula is C24H18ClF5N2S. The van der Waals surface area contributed by atoms with Crippen molar-refractivity contribution in [2.45, 2.75) is 29.5 Å². The number of halogens is 6. The summed E-state index contributed by atoms with van der Waals surface area (Å²) in [6, 6.07) is 20.4. The SMILES string of the molecule is CSc1ccccc1-c1ccc(C2CC(C(F)(F)C(F)(F)F)=NN2c2ccccc2Cl)cc1. The van der Waals surface area contributed by atoms with Crippen LogP contribution in [0.3, 0.4) is 0 Å². The highest BCUT2D eigenvalue weighted by molar-refractivity contribution is 7.98. The van der Waals surface area contributed by atoms with Gasteiger partial charge in [-0.2, -0.15) is 27.1 Å². The van der Waals surface area contributed by atoms with Crippen LogP contribution < -0.4 is 5.01 Å². The Balaban J connectivity index is 1.73. The van der Waals surface area contributed by atoms with E-state index in [1.54, 1.807) is 36.0 Å². The molecule has 172 valence electrons. The average Bonchev–Trinajstić information content (AvgIpc) is 3.25. The minimum absolute atomic E-state index is 0.202. The summed E-state index contributed by atoms with van der Waals surface area (Å²) in [5.41, 5.74) is 1.49. The monoisotopic (exact) mass is 496 g/mol. The minimum Gasteiger partial charge on any atom is -0.256 e. The Hall–Kier alpha value is -2.58. The van der Waals surface area contributed by atoms with Crippen molar-refractivity contribution < 1.29 is 22.0 Å². The molecule has 33 heavy (non-hydrogen) atoms. The molecular weight excluding hydrogens is 479 g/mol. The van der Waals surface area contributed by atoms with Crippen LogP contribution in [-0.4, -0.2) is 24.1 Å². The van der Waals surface area contributed by atoms with Gasteiger partial charge in [0.15, 0.2) is 0 Å². The predicted octanol–water partition coefficient (Wildman–Crippen LogP) is 8.23. The molecule has 0 N–H and O–H groups in total. The highest BCUT2D eigenvalue weighted by Crippen LogP contribution is 2.46. The van der Waals surface area contributed by atoms with Crippen molar-refractivity contribution in [3.05, 3.63) is 83.4 Å². The van der Waals surface area contributed by atoms with Gasteiger partial charge in [0.2, 0.25) is 0 Å². The molecule has 3 aromatic rings. The van der Waals surface area contributed by atoms with Gasteiger partial charge >= 0.3 is 12.1 Å². The van der Waals surface area contributed by atoms with E-state index in [4.69, 9.17) is 11.6 Å². The molecule has 1 aliphatic rings. The lowest BCUT2D eigenvalue weighted by Crippen LogP contribution is -2.43. The van der Waals surface area contributed by atoms with Gasteiger partial charge in [-0.3, -0.25) is 5.01 Å². The maximum atomic E-state index is 14.2. The standard InChI is InChI=1S/C24H18ClF5N2S/c1-33-21-9-5-2-6-17(21)15-10-12-16(13-11-15)20-14-22(23(26,27)24(28,29)30)31-32(20)19-8-4-3-7-18(19)25/h2-13,20H,14H2,1H3. The fourth-order valence-corrected chi connectivity index (χ4v) is 4.59. The van der Waals surface area contributed by atoms with Crippen molar-refractivity contribution in [1.29, 1.82) is 0 Å². The lowest BCUT2D eigenvalue weighted by atomic mass is 9.96. The molecule has 2 nitrogen and oxygen atoms in total. The van der Waals surface area contributed by atoms with Gasteiger partial charge in [0.1, 0.15) is 5.71 Å². The summed E-state index contributed by atoms with van der Waals surface area (Å²) >= 11 is 7.82. The van der Waals surface area contributed by atoms with Crippen LogP contribution >= 0.6 is 23.4 Å². The number of hydrazone groups is 1. The molecule has 0 aliphatic carbocycles. The molecule has 4 rings (SSSR count). The molecule has 0 radical (unpaired) electrons. The number of anilines is 1.